The van der Waals surface area contributed by atoms with Crippen LogP contribution in [0.15, 0.2) is 38.9 Å². The topological polar surface area (TPSA) is 60.7 Å². The minimum atomic E-state index is -3.79. The number of thiazole rings is 1. The first-order chi connectivity index (χ1) is 11.5. The Bertz CT molecular complexity index is 1050. The molecule has 0 spiro atoms. The summed E-state index contributed by atoms with van der Waals surface area (Å²) >= 11 is 8.17. The molecule has 0 aliphatic heterocycles. The lowest BCUT2D eigenvalue weighted by Crippen LogP contribution is -2.16. The molecule has 0 unspecified atom stereocenters. The molecule has 1 aromatic carbocycles. The number of halogens is 1. The molecule has 0 saturated heterocycles. The molecule has 3 aromatic rings. The van der Waals surface area contributed by atoms with Gasteiger partial charge in [-0.3, -0.25) is 0 Å². The van der Waals surface area contributed by atoms with Crippen molar-refractivity contribution in [2.45, 2.75) is 24.6 Å². The number of para-hydroxylation sites is 1. The number of aryl methyl sites for hydroxylation is 1. The van der Waals surface area contributed by atoms with E-state index in [2.05, 4.69) is 4.40 Å². The van der Waals surface area contributed by atoms with Crippen LogP contribution in [0.1, 0.15) is 13.8 Å². The van der Waals surface area contributed by atoms with Gasteiger partial charge in [0.25, 0.3) is 10.0 Å². The van der Waals surface area contributed by atoms with Crippen LogP contribution in [-0.4, -0.2) is 19.6 Å². The number of hydrogen-bond donors (Lipinski definition) is 0. The van der Waals surface area contributed by atoms with Gasteiger partial charge in [0.2, 0.25) is 4.80 Å². The van der Waals surface area contributed by atoms with E-state index in [9.17, 15) is 8.42 Å². The van der Waals surface area contributed by atoms with Gasteiger partial charge >= 0.3 is 0 Å². The van der Waals surface area contributed by atoms with E-state index in [-0.39, 0.29) is 4.21 Å². The fourth-order valence-corrected chi connectivity index (χ4v) is 6.09. The third-order valence-electron chi connectivity index (χ3n) is 3.28. The van der Waals surface area contributed by atoms with E-state index in [1.807, 2.05) is 36.6 Å². The van der Waals surface area contributed by atoms with E-state index < -0.39 is 10.0 Å². The van der Waals surface area contributed by atoms with Gasteiger partial charge in [0.1, 0.15) is 15.5 Å². The monoisotopic (exact) mass is 402 g/mol. The Hall–Kier alpha value is -1.35. The van der Waals surface area contributed by atoms with Gasteiger partial charge in [0.05, 0.1) is 15.6 Å². The lowest BCUT2D eigenvalue weighted by atomic mass is 10.3. The molecule has 128 valence electrons. The van der Waals surface area contributed by atoms with Gasteiger partial charge in [-0.1, -0.05) is 29.0 Å². The van der Waals surface area contributed by atoms with Gasteiger partial charge in [-0.15, -0.1) is 15.7 Å². The van der Waals surface area contributed by atoms with Crippen molar-refractivity contribution in [2.24, 2.45) is 4.40 Å². The summed E-state index contributed by atoms with van der Waals surface area (Å²) in [4.78, 5) is 0.421. The normalized spacial score (nSPS) is 12.9. The SMILES string of the molecule is CCOc1cccc2s/c(=N\S(=O)(=O)c3ccc(Cl)s3)n(CC)c12. The number of thiophene rings is 1. The van der Waals surface area contributed by atoms with Crippen molar-refractivity contribution < 1.29 is 13.2 Å². The van der Waals surface area contributed by atoms with E-state index in [1.165, 1.54) is 17.4 Å². The molecule has 5 nitrogen and oxygen atoms in total. The van der Waals surface area contributed by atoms with Gasteiger partial charge in [-0.05, 0) is 38.1 Å². The predicted octanol–water partition coefficient (Wildman–Crippen LogP) is 4.13. The van der Waals surface area contributed by atoms with E-state index in [0.717, 1.165) is 27.3 Å². The maximum atomic E-state index is 12.5. The van der Waals surface area contributed by atoms with Crippen LogP contribution in [0.3, 0.4) is 0 Å². The van der Waals surface area contributed by atoms with Crippen molar-refractivity contribution in [1.29, 1.82) is 0 Å². The lowest BCUT2D eigenvalue weighted by Gasteiger charge is -2.07. The summed E-state index contributed by atoms with van der Waals surface area (Å²) in [5.74, 6) is 0.728. The van der Waals surface area contributed by atoms with E-state index >= 15 is 0 Å². The number of fused-ring (bicyclic) bond motifs is 1. The molecule has 3 rings (SSSR count). The second-order valence-electron chi connectivity index (χ2n) is 4.79. The quantitative estimate of drug-likeness (QED) is 0.644. The maximum absolute atomic E-state index is 12.5. The first-order valence-corrected chi connectivity index (χ1v) is 10.7. The summed E-state index contributed by atoms with van der Waals surface area (Å²) in [5, 5.41) is 0. The van der Waals surface area contributed by atoms with Gasteiger partial charge in [0.15, 0.2) is 0 Å². The molecule has 2 aromatic heterocycles. The van der Waals surface area contributed by atoms with E-state index in [4.69, 9.17) is 16.3 Å². The van der Waals surface area contributed by atoms with Crippen LogP contribution in [-0.2, 0) is 16.6 Å². The van der Waals surface area contributed by atoms with Crippen LogP contribution in [0.4, 0.5) is 0 Å². The Morgan fingerprint density at radius 1 is 1.21 bits per heavy atom. The summed E-state index contributed by atoms with van der Waals surface area (Å²) in [6, 6.07) is 8.73. The molecule has 0 saturated carbocycles. The molecule has 0 fully saturated rings. The Balaban J connectivity index is 2.25. The van der Waals surface area contributed by atoms with Crippen LogP contribution >= 0.6 is 34.3 Å². The third-order valence-corrected chi connectivity index (χ3v) is 7.41. The molecule has 0 aliphatic carbocycles. The largest absolute Gasteiger partial charge is 0.492 e. The molecule has 0 atom stereocenters. The van der Waals surface area contributed by atoms with Crippen molar-refractivity contribution in [1.82, 2.24) is 4.57 Å². The standard InChI is InChI=1S/C15H15ClN2O3S3/c1-3-18-14-10(21-4-2)6-5-7-11(14)22-15(18)17-24(19,20)13-9-8-12(16)23-13/h5-9H,3-4H2,1-2H3/b17-15-. The molecule has 0 N–H and O–H groups in total. The average molecular weight is 403 g/mol. The van der Waals surface area contributed by atoms with Crippen molar-refractivity contribution >= 4 is 54.5 Å². The molecule has 0 radical (unpaired) electrons. The van der Waals surface area contributed by atoms with Crippen LogP contribution in [0.25, 0.3) is 10.2 Å². The minimum absolute atomic E-state index is 0.137. The number of ether oxygens (including phenoxy) is 1. The maximum Gasteiger partial charge on any atom is 0.294 e. The molecule has 24 heavy (non-hydrogen) atoms. The van der Waals surface area contributed by atoms with Crippen molar-refractivity contribution in [3.8, 4) is 5.75 Å². The summed E-state index contributed by atoms with van der Waals surface area (Å²) in [6.07, 6.45) is 0. The van der Waals surface area contributed by atoms with Crippen LogP contribution < -0.4 is 9.54 Å². The lowest BCUT2D eigenvalue weighted by molar-refractivity contribution is 0.342. The Kier molecular flexibility index (Phi) is 5.00. The zero-order valence-corrected chi connectivity index (χ0v) is 16.2. The molecule has 0 amide bonds. The first kappa shape index (κ1) is 17.5. The van der Waals surface area contributed by atoms with Gasteiger partial charge < -0.3 is 9.30 Å². The Morgan fingerprint density at radius 2 is 2.00 bits per heavy atom. The molecular weight excluding hydrogens is 388 g/mol. The Morgan fingerprint density at radius 3 is 2.62 bits per heavy atom. The highest BCUT2D eigenvalue weighted by Gasteiger charge is 2.18. The third kappa shape index (κ3) is 3.23. The number of nitrogens with zero attached hydrogens (tertiary/aromatic N) is 2. The van der Waals surface area contributed by atoms with Gasteiger partial charge in [-0.2, -0.15) is 8.42 Å². The molecule has 0 bridgehead atoms. The number of rotatable bonds is 5. The second kappa shape index (κ2) is 6.87. The van der Waals surface area contributed by atoms with E-state index in [1.54, 1.807) is 6.07 Å². The van der Waals surface area contributed by atoms with Crippen LogP contribution in [0, 0.1) is 0 Å². The average Bonchev–Trinajstić information content (AvgIpc) is 3.11. The molecule has 0 aliphatic rings. The zero-order chi connectivity index (χ0) is 17.3. The molecule has 9 heteroatoms. The predicted molar refractivity (Wildman–Crippen MR) is 98.7 cm³/mol. The smallest absolute Gasteiger partial charge is 0.294 e. The van der Waals surface area contributed by atoms with Crippen molar-refractivity contribution in [3.05, 3.63) is 39.5 Å². The fourth-order valence-electron chi connectivity index (χ4n) is 2.32. The van der Waals surface area contributed by atoms with E-state index in [0.29, 0.717) is 22.3 Å². The van der Waals surface area contributed by atoms with Crippen LogP contribution in [0.5, 0.6) is 5.75 Å². The number of sulfonamides is 1. The minimum Gasteiger partial charge on any atom is -0.492 e. The summed E-state index contributed by atoms with van der Waals surface area (Å²) in [5.41, 5.74) is 0.866. The summed E-state index contributed by atoms with van der Waals surface area (Å²) in [6.45, 7) is 4.99. The van der Waals surface area contributed by atoms with Crippen molar-refractivity contribution in [2.75, 3.05) is 6.61 Å². The van der Waals surface area contributed by atoms with Crippen molar-refractivity contribution in [3.63, 3.8) is 0 Å². The number of aromatic nitrogens is 1. The highest BCUT2D eigenvalue weighted by atomic mass is 35.5. The van der Waals surface area contributed by atoms with Gasteiger partial charge in [0, 0.05) is 6.54 Å². The molecular formula is C15H15ClN2O3S3. The first-order valence-electron chi connectivity index (χ1n) is 7.27. The second-order valence-corrected chi connectivity index (χ2v) is 9.34. The molecule has 2 heterocycles. The highest BCUT2D eigenvalue weighted by Crippen LogP contribution is 2.29. The summed E-state index contributed by atoms with van der Waals surface area (Å²) in [7, 11) is -3.79. The number of hydrogen-bond acceptors (Lipinski definition) is 5. The summed E-state index contributed by atoms with van der Waals surface area (Å²) < 4.78 is 38.1. The fraction of sp³-hybridized carbons (Fsp3) is 0.267. The number of benzene rings is 1. The van der Waals surface area contributed by atoms with Crippen LogP contribution in [0.2, 0.25) is 4.34 Å². The highest BCUT2D eigenvalue weighted by molar-refractivity contribution is 7.92. The Labute approximate surface area is 152 Å². The van der Waals surface area contributed by atoms with Gasteiger partial charge in [-0.25, -0.2) is 0 Å². The zero-order valence-electron chi connectivity index (χ0n) is 13.0.